The van der Waals surface area contributed by atoms with E-state index in [4.69, 9.17) is 4.98 Å². The van der Waals surface area contributed by atoms with Crippen LogP contribution in [0.4, 0.5) is 0 Å². The number of aromatic nitrogens is 2. The van der Waals surface area contributed by atoms with Gasteiger partial charge in [0.2, 0.25) is 0 Å². The van der Waals surface area contributed by atoms with E-state index in [1.807, 2.05) is 13.1 Å². The van der Waals surface area contributed by atoms with Crippen molar-refractivity contribution in [3.63, 3.8) is 0 Å². The van der Waals surface area contributed by atoms with Gasteiger partial charge >= 0.3 is 0 Å². The number of rotatable bonds is 0. The van der Waals surface area contributed by atoms with Crippen molar-refractivity contribution in [2.45, 2.75) is 58.8 Å². The van der Waals surface area contributed by atoms with Gasteiger partial charge in [0.25, 0.3) is 0 Å². The van der Waals surface area contributed by atoms with Gasteiger partial charge in [-0.3, -0.25) is 4.79 Å². The summed E-state index contributed by atoms with van der Waals surface area (Å²) in [6.45, 7) is 8.50. The highest BCUT2D eigenvalue weighted by atomic mass is 16.1. The lowest BCUT2D eigenvalue weighted by Crippen LogP contribution is -2.52. The summed E-state index contributed by atoms with van der Waals surface area (Å²) in [4.78, 5) is 21.3. The first-order valence-corrected chi connectivity index (χ1v) is 7.22. The molecule has 0 aromatic carbocycles. The third-order valence-corrected chi connectivity index (χ3v) is 5.46. The second kappa shape index (κ2) is 3.87. The molecule has 19 heavy (non-hydrogen) atoms. The first kappa shape index (κ1) is 12.8. The minimum Gasteiger partial charge on any atom is -0.299 e. The van der Waals surface area contributed by atoms with E-state index in [0.717, 1.165) is 25.1 Å². The standard InChI is InChI=1S/C16H22N2O/c1-10-17-9-11-5-6-12-15(2,3)13(19)7-8-16(12,4)14(11)18-10/h9,12H,5-8H2,1-4H3/t12-,16-/m0/s1. The van der Waals surface area contributed by atoms with Crippen molar-refractivity contribution in [2.24, 2.45) is 11.3 Å². The first-order chi connectivity index (χ1) is 8.85. The molecule has 0 saturated heterocycles. The summed E-state index contributed by atoms with van der Waals surface area (Å²) < 4.78 is 0. The molecule has 0 aliphatic heterocycles. The fraction of sp³-hybridized carbons (Fsp3) is 0.688. The minimum atomic E-state index is -0.219. The zero-order valence-electron chi connectivity index (χ0n) is 12.3. The van der Waals surface area contributed by atoms with Crippen molar-refractivity contribution >= 4 is 5.78 Å². The molecule has 2 aliphatic rings. The van der Waals surface area contributed by atoms with Gasteiger partial charge in [-0.2, -0.15) is 0 Å². The fourth-order valence-electron chi connectivity index (χ4n) is 4.30. The molecule has 1 aromatic heterocycles. The van der Waals surface area contributed by atoms with Crippen LogP contribution in [0.1, 0.15) is 57.1 Å². The largest absolute Gasteiger partial charge is 0.299 e. The predicted molar refractivity (Wildman–Crippen MR) is 74.0 cm³/mol. The number of Topliss-reactive ketones (excluding diaryl/α,β-unsaturated/α-hetero) is 1. The number of aryl methyl sites for hydroxylation is 2. The number of carbonyl (C=O) groups is 1. The number of hydrogen-bond donors (Lipinski definition) is 0. The van der Waals surface area contributed by atoms with E-state index in [9.17, 15) is 4.79 Å². The summed E-state index contributed by atoms with van der Waals surface area (Å²) in [5.41, 5.74) is 2.31. The molecule has 1 aromatic rings. The molecule has 1 heterocycles. The van der Waals surface area contributed by atoms with Gasteiger partial charge < -0.3 is 0 Å². The minimum absolute atomic E-state index is 0.0404. The van der Waals surface area contributed by atoms with Crippen LogP contribution < -0.4 is 0 Å². The second-order valence-corrected chi connectivity index (χ2v) is 6.94. The molecule has 102 valence electrons. The molecular weight excluding hydrogens is 236 g/mol. The number of fused-ring (bicyclic) bond motifs is 3. The molecule has 0 radical (unpaired) electrons. The van der Waals surface area contributed by atoms with E-state index in [1.54, 1.807) is 0 Å². The van der Waals surface area contributed by atoms with Gasteiger partial charge in [-0.15, -0.1) is 0 Å². The molecule has 3 nitrogen and oxygen atoms in total. The molecular formula is C16H22N2O. The summed E-state index contributed by atoms with van der Waals surface area (Å²) in [7, 11) is 0. The number of ketones is 1. The van der Waals surface area contributed by atoms with E-state index in [0.29, 0.717) is 18.1 Å². The SMILES string of the molecule is Cc1ncc2c(n1)[C@@]1(C)CCC(=O)C(C)(C)[C@@H]1CC2. The highest BCUT2D eigenvalue weighted by Crippen LogP contribution is 2.54. The Morgan fingerprint density at radius 2 is 2.00 bits per heavy atom. The van der Waals surface area contributed by atoms with Crippen molar-refractivity contribution in [1.29, 1.82) is 0 Å². The lowest BCUT2D eigenvalue weighted by Gasteiger charge is -2.52. The Morgan fingerprint density at radius 3 is 2.74 bits per heavy atom. The molecule has 0 bridgehead atoms. The summed E-state index contributed by atoms with van der Waals surface area (Å²) in [6.07, 6.45) is 5.69. The highest BCUT2D eigenvalue weighted by Gasteiger charge is 2.54. The quantitative estimate of drug-likeness (QED) is 0.718. The van der Waals surface area contributed by atoms with Gasteiger partial charge in [-0.25, -0.2) is 9.97 Å². The monoisotopic (exact) mass is 258 g/mol. The van der Waals surface area contributed by atoms with Crippen molar-refractivity contribution < 1.29 is 4.79 Å². The number of nitrogens with zero attached hydrogens (tertiary/aromatic N) is 2. The number of hydrogen-bond acceptors (Lipinski definition) is 3. The maximum absolute atomic E-state index is 12.3. The van der Waals surface area contributed by atoms with Gasteiger partial charge in [-0.05, 0) is 37.7 Å². The summed E-state index contributed by atoms with van der Waals surface area (Å²) in [6, 6.07) is 0. The molecule has 1 saturated carbocycles. The lowest BCUT2D eigenvalue weighted by atomic mass is 9.51. The molecule has 0 N–H and O–H groups in total. The Kier molecular flexibility index (Phi) is 2.60. The van der Waals surface area contributed by atoms with Crippen LogP contribution in [0.2, 0.25) is 0 Å². The maximum Gasteiger partial charge on any atom is 0.138 e. The van der Waals surface area contributed by atoms with Crippen LogP contribution in [0.15, 0.2) is 6.20 Å². The summed E-state index contributed by atoms with van der Waals surface area (Å²) in [5, 5.41) is 0. The van der Waals surface area contributed by atoms with E-state index in [1.165, 1.54) is 11.3 Å². The zero-order chi connectivity index (χ0) is 13.8. The fourth-order valence-corrected chi connectivity index (χ4v) is 4.30. The third kappa shape index (κ3) is 1.67. The Balaban J connectivity index is 2.15. The van der Waals surface area contributed by atoms with Crippen molar-refractivity contribution in [1.82, 2.24) is 9.97 Å². The predicted octanol–water partition coefficient (Wildman–Crippen LogP) is 2.99. The molecule has 3 rings (SSSR count). The normalized spacial score (nSPS) is 32.6. The smallest absolute Gasteiger partial charge is 0.138 e. The van der Waals surface area contributed by atoms with Gasteiger partial charge in [0.15, 0.2) is 0 Å². The average Bonchev–Trinajstić information content (AvgIpc) is 2.35. The molecule has 2 aliphatic carbocycles. The second-order valence-electron chi connectivity index (χ2n) is 6.94. The van der Waals surface area contributed by atoms with Crippen molar-refractivity contribution in [2.75, 3.05) is 0 Å². The first-order valence-electron chi connectivity index (χ1n) is 7.22. The van der Waals surface area contributed by atoms with Crippen molar-refractivity contribution in [3.8, 4) is 0 Å². The molecule has 3 heteroatoms. The van der Waals surface area contributed by atoms with Gasteiger partial charge in [0.1, 0.15) is 11.6 Å². The average molecular weight is 258 g/mol. The molecule has 1 fully saturated rings. The van der Waals surface area contributed by atoms with Crippen LogP contribution in [0, 0.1) is 18.3 Å². The Hall–Kier alpha value is -1.25. The van der Waals surface area contributed by atoms with Crippen LogP contribution in [0.3, 0.4) is 0 Å². The van der Waals surface area contributed by atoms with E-state index in [2.05, 4.69) is 25.8 Å². The molecule has 0 amide bonds. The van der Waals surface area contributed by atoms with Crippen LogP contribution >= 0.6 is 0 Å². The Morgan fingerprint density at radius 1 is 1.26 bits per heavy atom. The molecule has 2 atom stereocenters. The molecule has 0 spiro atoms. The van der Waals surface area contributed by atoms with E-state index >= 15 is 0 Å². The van der Waals surface area contributed by atoms with Crippen LogP contribution in [-0.2, 0) is 16.6 Å². The van der Waals surface area contributed by atoms with Gasteiger partial charge in [-0.1, -0.05) is 20.8 Å². The Labute approximate surface area is 114 Å². The Bertz CT molecular complexity index is 550. The topological polar surface area (TPSA) is 42.9 Å². The van der Waals surface area contributed by atoms with Crippen LogP contribution in [0.25, 0.3) is 0 Å². The van der Waals surface area contributed by atoms with Gasteiger partial charge in [0.05, 0.1) is 5.69 Å². The maximum atomic E-state index is 12.3. The number of carbonyl (C=O) groups excluding carboxylic acids is 1. The van der Waals surface area contributed by atoms with Crippen LogP contribution in [-0.4, -0.2) is 15.8 Å². The van der Waals surface area contributed by atoms with Crippen LogP contribution in [0.5, 0.6) is 0 Å². The molecule has 0 unspecified atom stereocenters. The van der Waals surface area contributed by atoms with E-state index in [-0.39, 0.29) is 10.8 Å². The lowest BCUT2D eigenvalue weighted by molar-refractivity contribution is -0.137. The third-order valence-electron chi connectivity index (χ3n) is 5.46. The highest BCUT2D eigenvalue weighted by molar-refractivity contribution is 5.86. The van der Waals surface area contributed by atoms with Crippen molar-refractivity contribution in [3.05, 3.63) is 23.3 Å². The van der Waals surface area contributed by atoms with E-state index < -0.39 is 0 Å². The summed E-state index contributed by atoms with van der Waals surface area (Å²) >= 11 is 0. The summed E-state index contributed by atoms with van der Waals surface area (Å²) in [5.74, 6) is 1.67. The van der Waals surface area contributed by atoms with Gasteiger partial charge in [0, 0.05) is 23.4 Å². The zero-order valence-corrected chi connectivity index (χ0v) is 12.3.